The SMILES string of the molecule is COC(C)C(=O)N1CCCC1C1CCNCC1. The van der Waals surface area contributed by atoms with Gasteiger partial charge in [0.25, 0.3) is 5.91 Å². The maximum Gasteiger partial charge on any atom is 0.251 e. The van der Waals surface area contributed by atoms with Crippen molar-refractivity contribution in [3.05, 3.63) is 0 Å². The van der Waals surface area contributed by atoms with Gasteiger partial charge in [-0.2, -0.15) is 0 Å². The zero-order valence-electron chi connectivity index (χ0n) is 10.9. The number of likely N-dealkylation sites (tertiary alicyclic amines) is 1. The van der Waals surface area contributed by atoms with Crippen molar-refractivity contribution in [1.29, 1.82) is 0 Å². The van der Waals surface area contributed by atoms with Crippen molar-refractivity contribution in [1.82, 2.24) is 10.2 Å². The summed E-state index contributed by atoms with van der Waals surface area (Å²) in [5.74, 6) is 0.861. The monoisotopic (exact) mass is 240 g/mol. The highest BCUT2D eigenvalue weighted by Gasteiger charge is 2.36. The van der Waals surface area contributed by atoms with E-state index in [2.05, 4.69) is 10.2 Å². The first-order chi connectivity index (χ1) is 8.24. The molecule has 0 radical (unpaired) electrons. The highest BCUT2D eigenvalue weighted by molar-refractivity contribution is 5.81. The van der Waals surface area contributed by atoms with Crippen molar-refractivity contribution in [3.8, 4) is 0 Å². The fourth-order valence-electron chi connectivity index (χ4n) is 3.12. The highest BCUT2D eigenvalue weighted by Crippen LogP contribution is 2.30. The number of hydrogen-bond acceptors (Lipinski definition) is 3. The first-order valence-electron chi connectivity index (χ1n) is 6.78. The largest absolute Gasteiger partial charge is 0.372 e. The summed E-state index contributed by atoms with van der Waals surface area (Å²) in [4.78, 5) is 14.3. The Morgan fingerprint density at radius 1 is 1.35 bits per heavy atom. The predicted octanol–water partition coefficient (Wildman–Crippen LogP) is 1.01. The van der Waals surface area contributed by atoms with Gasteiger partial charge < -0.3 is 15.0 Å². The van der Waals surface area contributed by atoms with Crippen LogP contribution in [0.15, 0.2) is 0 Å². The van der Waals surface area contributed by atoms with Gasteiger partial charge in [-0.25, -0.2) is 0 Å². The molecule has 0 bridgehead atoms. The van der Waals surface area contributed by atoms with E-state index >= 15 is 0 Å². The van der Waals surface area contributed by atoms with E-state index in [1.165, 1.54) is 19.3 Å². The third kappa shape index (κ3) is 2.80. The number of carbonyl (C=O) groups is 1. The Morgan fingerprint density at radius 3 is 2.71 bits per heavy atom. The van der Waals surface area contributed by atoms with E-state index in [1.54, 1.807) is 7.11 Å². The van der Waals surface area contributed by atoms with Crippen LogP contribution >= 0.6 is 0 Å². The Balaban J connectivity index is 1.98. The van der Waals surface area contributed by atoms with E-state index in [-0.39, 0.29) is 12.0 Å². The molecule has 1 N–H and O–H groups in total. The lowest BCUT2D eigenvalue weighted by Crippen LogP contribution is -2.47. The number of methoxy groups -OCH3 is 1. The van der Waals surface area contributed by atoms with Crippen LogP contribution in [0.5, 0.6) is 0 Å². The molecule has 0 aromatic rings. The molecule has 0 aromatic heterocycles. The van der Waals surface area contributed by atoms with Crippen LogP contribution < -0.4 is 5.32 Å². The molecule has 4 heteroatoms. The Kier molecular flexibility index (Phi) is 4.40. The maximum atomic E-state index is 12.2. The second-order valence-corrected chi connectivity index (χ2v) is 5.21. The number of hydrogen-bond donors (Lipinski definition) is 1. The Morgan fingerprint density at radius 2 is 2.06 bits per heavy atom. The van der Waals surface area contributed by atoms with E-state index in [0.717, 1.165) is 26.1 Å². The molecule has 2 unspecified atom stereocenters. The van der Waals surface area contributed by atoms with Crippen LogP contribution in [-0.4, -0.2) is 49.7 Å². The standard InChI is InChI=1S/C13H24N2O2/c1-10(17-2)13(16)15-9-3-4-12(15)11-5-7-14-8-6-11/h10-12,14H,3-9H2,1-2H3. The van der Waals surface area contributed by atoms with Crippen LogP contribution in [0.2, 0.25) is 0 Å². The molecule has 2 atom stereocenters. The van der Waals surface area contributed by atoms with Crippen LogP contribution in [0, 0.1) is 5.92 Å². The van der Waals surface area contributed by atoms with Gasteiger partial charge in [-0.05, 0) is 51.6 Å². The number of rotatable bonds is 3. The molecule has 2 aliphatic heterocycles. The molecular weight excluding hydrogens is 216 g/mol. The van der Waals surface area contributed by atoms with Gasteiger partial charge >= 0.3 is 0 Å². The van der Waals surface area contributed by atoms with Crippen molar-refractivity contribution in [2.24, 2.45) is 5.92 Å². The average Bonchev–Trinajstić information content (AvgIpc) is 2.87. The lowest BCUT2D eigenvalue weighted by atomic mass is 9.88. The zero-order valence-corrected chi connectivity index (χ0v) is 10.9. The van der Waals surface area contributed by atoms with E-state index in [1.807, 2.05) is 6.92 Å². The van der Waals surface area contributed by atoms with Crippen molar-refractivity contribution in [2.75, 3.05) is 26.7 Å². The molecular formula is C13H24N2O2. The molecule has 2 saturated heterocycles. The summed E-state index contributed by atoms with van der Waals surface area (Å²) >= 11 is 0. The van der Waals surface area contributed by atoms with E-state index in [4.69, 9.17) is 4.74 Å². The van der Waals surface area contributed by atoms with Gasteiger partial charge in [0.05, 0.1) is 0 Å². The second kappa shape index (κ2) is 5.83. The minimum atomic E-state index is -0.294. The highest BCUT2D eigenvalue weighted by atomic mass is 16.5. The van der Waals surface area contributed by atoms with E-state index in [9.17, 15) is 4.79 Å². The van der Waals surface area contributed by atoms with Crippen molar-refractivity contribution < 1.29 is 9.53 Å². The number of nitrogens with one attached hydrogen (secondary N) is 1. The third-order valence-electron chi connectivity index (χ3n) is 4.21. The van der Waals surface area contributed by atoms with Crippen LogP contribution in [0.3, 0.4) is 0 Å². The summed E-state index contributed by atoms with van der Waals surface area (Å²) in [6.07, 6.45) is 4.44. The molecule has 2 heterocycles. The van der Waals surface area contributed by atoms with Gasteiger partial charge in [0.1, 0.15) is 6.10 Å². The van der Waals surface area contributed by atoms with Gasteiger partial charge in [0, 0.05) is 19.7 Å². The molecule has 1 amide bonds. The van der Waals surface area contributed by atoms with Gasteiger partial charge in [-0.3, -0.25) is 4.79 Å². The Labute approximate surface area is 104 Å². The molecule has 0 aliphatic carbocycles. The molecule has 0 spiro atoms. The predicted molar refractivity (Wildman–Crippen MR) is 66.8 cm³/mol. The third-order valence-corrected chi connectivity index (χ3v) is 4.21. The molecule has 2 aliphatic rings. The number of piperidine rings is 1. The normalized spacial score (nSPS) is 28.4. The number of carbonyl (C=O) groups excluding carboxylic acids is 1. The lowest BCUT2D eigenvalue weighted by molar-refractivity contribution is -0.142. The van der Waals surface area contributed by atoms with Gasteiger partial charge in [0.15, 0.2) is 0 Å². The fourth-order valence-corrected chi connectivity index (χ4v) is 3.12. The molecule has 2 rings (SSSR count). The first-order valence-corrected chi connectivity index (χ1v) is 6.78. The minimum absolute atomic E-state index is 0.175. The van der Waals surface area contributed by atoms with Crippen molar-refractivity contribution >= 4 is 5.91 Å². The molecule has 98 valence electrons. The van der Waals surface area contributed by atoms with Crippen LogP contribution in [0.1, 0.15) is 32.6 Å². The first kappa shape index (κ1) is 12.8. The summed E-state index contributed by atoms with van der Waals surface area (Å²) in [6.45, 7) is 4.97. The topological polar surface area (TPSA) is 41.6 Å². The number of ether oxygens (including phenoxy) is 1. The fraction of sp³-hybridized carbons (Fsp3) is 0.923. The quantitative estimate of drug-likeness (QED) is 0.800. The molecule has 0 aromatic carbocycles. The summed E-state index contributed by atoms with van der Waals surface area (Å²) < 4.78 is 5.16. The zero-order chi connectivity index (χ0) is 12.3. The smallest absolute Gasteiger partial charge is 0.251 e. The van der Waals surface area contributed by atoms with E-state index < -0.39 is 0 Å². The van der Waals surface area contributed by atoms with Gasteiger partial charge in [-0.15, -0.1) is 0 Å². The summed E-state index contributed by atoms with van der Waals surface area (Å²) in [5.41, 5.74) is 0. The molecule has 4 nitrogen and oxygen atoms in total. The number of nitrogens with zero attached hydrogens (tertiary/aromatic N) is 1. The van der Waals surface area contributed by atoms with Gasteiger partial charge in [0.2, 0.25) is 0 Å². The minimum Gasteiger partial charge on any atom is -0.372 e. The lowest BCUT2D eigenvalue weighted by Gasteiger charge is -2.35. The summed E-state index contributed by atoms with van der Waals surface area (Å²) in [6, 6.07) is 0.460. The maximum absolute atomic E-state index is 12.2. The van der Waals surface area contributed by atoms with E-state index in [0.29, 0.717) is 12.0 Å². The van der Waals surface area contributed by atoms with Crippen LogP contribution in [0.25, 0.3) is 0 Å². The van der Waals surface area contributed by atoms with Crippen LogP contribution in [-0.2, 0) is 9.53 Å². The Bertz CT molecular complexity index is 264. The van der Waals surface area contributed by atoms with Crippen LogP contribution in [0.4, 0.5) is 0 Å². The summed E-state index contributed by atoms with van der Waals surface area (Å²) in [7, 11) is 1.61. The average molecular weight is 240 g/mol. The van der Waals surface area contributed by atoms with Gasteiger partial charge in [-0.1, -0.05) is 0 Å². The summed E-state index contributed by atoms with van der Waals surface area (Å²) in [5, 5.41) is 3.39. The second-order valence-electron chi connectivity index (χ2n) is 5.21. The Hall–Kier alpha value is -0.610. The molecule has 2 fully saturated rings. The molecule has 0 saturated carbocycles. The molecule has 17 heavy (non-hydrogen) atoms. The van der Waals surface area contributed by atoms with Crippen molar-refractivity contribution in [3.63, 3.8) is 0 Å². The number of amides is 1. The van der Waals surface area contributed by atoms with Crippen molar-refractivity contribution in [2.45, 2.75) is 44.8 Å².